The van der Waals surface area contributed by atoms with Gasteiger partial charge in [0, 0.05) is 19.5 Å². The number of nitrogens with zero attached hydrogens (tertiary/aromatic N) is 2. The van der Waals surface area contributed by atoms with Gasteiger partial charge < -0.3 is 20.6 Å². The lowest BCUT2D eigenvalue weighted by molar-refractivity contribution is -0.143. The van der Waals surface area contributed by atoms with Crippen molar-refractivity contribution in [3.05, 3.63) is 41.0 Å². The van der Waals surface area contributed by atoms with Crippen LogP contribution in [-0.4, -0.2) is 57.9 Å². The van der Waals surface area contributed by atoms with Gasteiger partial charge >= 0.3 is 0 Å². The monoisotopic (exact) mass is 516 g/mol. The van der Waals surface area contributed by atoms with Crippen molar-refractivity contribution in [1.29, 1.82) is 0 Å². The molecule has 36 heavy (non-hydrogen) atoms. The summed E-state index contributed by atoms with van der Waals surface area (Å²) in [5, 5.41) is 15.6. The molecule has 198 valence electrons. The molecule has 0 saturated carbocycles. The summed E-state index contributed by atoms with van der Waals surface area (Å²) in [6, 6.07) is 6.32. The summed E-state index contributed by atoms with van der Waals surface area (Å²) in [5.41, 5.74) is 4.27. The van der Waals surface area contributed by atoms with E-state index in [2.05, 4.69) is 29.5 Å². The minimum Gasteiger partial charge on any atom is -0.391 e. The van der Waals surface area contributed by atoms with Gasteiger partial charge in [-0.3, -0.25) is 14.4 Å². The van der Waals surface area contributed by atoms with E-state index < -0.39 is 23.6 Å². The van der Waals surface area contributed by atoms with E-state index in [1.165, 1.54) is 17.7 Å². The highest BCUT2D eigenvalue weighted by atomic mass is 32.1. The van der Waals surface area contributed by atoms with Gasteiger partial charge in [0.1, 0.15) is 12.1 Å². The van der Waals surface area contributed by atoms with E-state index in [1.54, 1.807) is 11.3 Å². The number of thiazole rings is 1. The van der Waals surface area contributed by atoms with E-state index in [4.69, 9.17) is 0 Å². The zero-order valence-corrected chi connectivity index (χ0v) is 23.0. The number of amides is 3. The molecule has 2 heterocycles. The first-order valence-electron chi connectivity index (χ1n) is 12.5. The van der Waals surface area contributed by atoms with Crippen LogP contribution in [0, 0.1) is 12.3 Å². The first kappa shape index (κ1) is 29.5. The summed E-state index contributed by atoms with van der Waals surface area (Å²) in [4.78, 5) is 43.8. The van der Waals surface area contributed by atoms with Crippen LogP contribution in [0.15, 0.2) is 29.8 Å². The van der Waals surface area contributed by atoms with Gasteiger partial charge in [0.2, 0.25) is 18.2 Å². The Balaban J connectivity index is 0.00000106. The van der Waals surface area contributed by atoms with Gasteiger partial charge in [0.15, 0.2) is 0 Å². The highest BCUT2D eigenvalue weighted by Crippen LogP contribution is 2.28. The number of carbonyl (C=O) groups is 3. The molecule has 2 aromatic rings. The number of aliphatic hydroxyl groups is 1. The van der Waals surface area contributed by atoms with Gasteiger partial charge in [-0.15, -0.1) is 11.3 Å². The van der Waals surface area contributed by atoms with E-state index >= 15 is 0 Å². The molecule has 8 nitrogen and oxygen atoms in total. The molecule has 1 aliphatic heterocycles. The van der Waals surface area contributed by atoms with Crippen molar-refractivity contribution >= 4 is 29.6 Å². The van der Waals surface area contributed by atoms with Crippen LogP contribution in [0.5, 0.6) is 0 Å². The van der Waals surface area contributed by atoms with Gasteiger partial charge in [-0.05, 0) is 23.5 Å². The molecule has 1 saturated heterocycles. The lowest BCUT2D eigenvalue weighted by atomic mass is 9.85. The van der Waals surface area contributed by atoms with Crippen LogP contribution in [0.1, 0.15) is 65.1 Å². The number of benzene rings is 1. The maximum atomic E-state index is 13.1. The molecule has 0 radical (unpaired) electrons. The lowest BCUT2D eigenvalue weighted by Crippen LogP contribution is -2.56. The zero-order chi connectivity index (χ0) is 26.9. The smallest absolute Gasteiger partial charge is 0.246 e. The van der Waals surface area contributed by atoms with Crippen LogP contribution in [0.25, 0.3) is 10.4 Å². The fourth-order valence-electron chi connectivity index (χ4n) is 3.89. The summed E-state index contributed by atoms with van der Waals surface area (Å²) < 4.78 is 0. The Morgan fingerprint density at radius 3 is 2.36 bits per heavy atom. The van der Waals surface area contributed by atoms with Crippen LogP contribution in [0.4, 0.5) is 0 Å². The molecule has 3 rings (SSSR count). The third-order valence-corrected chi connectivity index (χ3v) is 7.12. The van der Waals surface area contributed by atoms with Crippen molar-refractivity contribution < 1.29 is 19.5 Å². The molecule has 3 atom stereocenters. The Kier molecular flexibility index (Phi) is 11.0. The normalized spacial score (nSPS) is 18.1. The van der Waals surface area contributed by atoms with Crippen molar-refractivity contribution in [3.63, 3.8) is 0 Å². The molecule has 1 aromatic heterocycles. The summed E-state index contributed by atoms with van der Waals surface area (Å²) in [7, 11) is 0. The van der Waals surface area contributed by atoms with Crippen LogP contribution >= 0.6 is 11.3 Å². The molecule has 1 aromatic carbocycles. The summed E-state index contributed by atoms with van der Waals surface area (Å²) >= 11 is 1.59. The van der Waals surface area contributed by atoms with Crippen LogP contribution in [0.2, 0.25) is 0 Å². The van der Waals surface area contributed by atoms with Gasteiger partial charge in [-0.25, -0.2) is 4.98 Å². The third kappa shape index (κ3) is 7.86. The van der Waals surface area contributed by atoms with Gasteiger partial charge in [0.25, 0.3) is 0 Å². The number of aliphatic hydroxyl groups excluding tert-OH is 1. The second-order valence-corrected chi connectivity index (χ2v) is 11.0. The SMILES string of the molecule is CCCC.Cc1ncsc1-c1ccc(CNC(=O)C2CC(O)CN2C(=O)C(NC=O)C(C)(C)C)cc1. The van der Waals surface area contributed by atoms with E-state index in [0.29, 0.717) is 13.0 Å². The van der Waals surface area contributed by atoms with Crippen molar-refractivity contribution in [3.8, 4) is 10.4 Å². The fourth-order valence-corrected chi connectivity index (χ4v) is 4.70. The maximum absolute atomic E-state index is 13.1. The first-order valence-corrected chi connectivity index (χ1v) is 13.4. The first-order chi connectivity index (χ1) is 17.0. The predicted octanol–water partition coefficient (Wildman–Crippen LogP) is 3.66. The Labute approximate surface area is 218 Å². The standard InChI is InChI=1S/C23H30N4O4S.C4H10/c1-14-19(32-13-26-14)16-7-5-15(6-8-16)10-24-21(30)18-9-17(29)11-27(18)22(31)20(25-12-28)23(2,3)4;1-3-4-2/h5-8,12-13,17-18,20,29H,9-11H2,1-4H3,(H,24,30)(H,25,28);3-4H2,1-2H3. The summed E-state index contributed by atoms with van der Waals surface area (Å²) in [5.74, 6) is -0.693. The number of hydrogen-bond donors (Lipinski definition) is 3. The van der Waals surface area contributed by atoms with Crippen LogP contribution in [0.3, 0.4) is 0 Å². The van der Waals surface area contributed by atoms with Crippen LogP contribution < -0.4 is 10.6 Å². The molecule has 1 aliphatic rings. The zero-order valence-electron chi connectivity index (χ0n) is 22.2. The van der Waals surface area contributed by atoms with Crippen molar-refractivity contribution in [2.24, 2.45) is 5.41 Å². The average Bonchev–Trinajstić information content (AvgIpc) is 3.45. The molecule has 9 heteroatoms. The third-order valence-electron chi connectivity index (χ3n) is 6.14. The average molecular weight is 517 g/mol. The van der Waals surface area contributed by atoms with E-state index in [9.17, 15) is 19.5 Å². The molecule has 0 spiro atoms. The van der Waals surface area contributed by atoms with E-state index in [1.807, 2.05) is 57.5 Å². The Morgan fingerprint density at radius 1 is 1.22 bits per heavy atom. The highest BCUT2D eigenvalue weighted by Gasteiger charge is 2.43. The largest absolute Gasteiger partial charge is 0.391 e. The fraction of sp³-hybridized carbons (Fsp3) is 0.556. The number of unbranched alkanes of at least 4 members (excludes halogenated alkanes) is 1. The number of carbonyl (C=O) groups excluding carboxylic acids is 3. The van der Waals surface area contributed by atoms with Crippen molar-refractivity contribution in [2.75, 3.05) is 6.54 Å². The minimum absolute atomic E-state index is 0.0624. The molecule has 3 unspecified atom stereocenters. The molecule has 0 bridgehead atoms. The highest BCUT2D eigenvalue weighted by molar-refractivity contribution is 7.13. The number of likely N-dealkylation sites (tertiary alicyclic amines) is 1. The molecule has 3 amide bonds. The summed E-state index contributed by atoms with van der Waals surface area (Å²) in [6.07, 6.45) is 2.51. The molecular formula is C27H40N4O4S. The number of rotatable bonds is 8. The number of aromatic nitrogens is 1. The molecule has 3 N–H and O–H groups in total. The second kappa shape index (κ2) is 13.5. The second-order valence-electron chi connectivity index (χ2n) is 10.2. The minimum atomic E-state index is -0.789. The van der Waals surface area contributed by atoms with Gasteiger partial charge in [-0.2, -0.15) is 0 Å². The van der Waals surface area contributed by atoms with Crippen molar-refractivity contribution in [1.82, 2.24) is 20.5 Å². The van der Waals surface area contributed by atoms with E-state index in [-0.39, 0.29) is 24.8 Å². The van der Waals surface area contributed by atoms with Gasteiger partial charge in [0.05, 0.1) is 22.2 Å². The number of β-amino-alcohol motifs (C(OH)–C–C–N with tert-alkyl or cyclic N) is 1. The molecule has 1 fully saturated rings. The Morgan fingerprint density at radius 2 is 1.86 bits per heavy atom. The van der Waals surface area contributed by atoms with Crippen LogP contribution in [-0.2, 0) is 20.9 Å². The maximum Gasteiger partial charge on any atom is 0.246 e. The van der Waals surface area contributed by atoms with E-state index in [0.717, 1.165) is 21.7 Å². The van der Waals surface area contributed by atoms with Crippen molar-refractivity contribution in [2.45, 2.75) is 85.5 Å². The number of nitrogens with one attached hydrogen (secondary N) is 2. The number of aryl methyl sites for hydroxylation is 1. The topological polar surface area (TPSA) is 112 Å². The quantitative estimate of drug-likeness (QED) is 0.464. The molecule has 0 aliphatic carbocycles. The lowest BCUT2D eigenvalue weighted by Gasteiger charge is -2.34. The Bertz CT molecular complexity index is 998. The van der Waals surface area contributed by atoms with Gasteiger partial charge in [-0.1, -0.05) is 71.7 Å². The Hall–Kier alpha value is -2.78. The summed E-state index contributed by atoms with van der Waals surface area (Å²) in [6.45, 7) is 12.2. The molecular weight excluding hydrogens is 476 g/mol. The number of hydrogen-bond acceptors (Lipinski definition) is 6. The predicted molar refractivity (Wildman–Crippen MR) is 143 cm³/mol.